The van der Waals surface area contributed by atoms with E-state index in [2.05, 4.69) is 0 Å². The third-order valence-corrected chi connectivity index (χ3v) is 4.91. The summed E-state index contributed by atoms with van der Waals surface area (Å²) in [5, 5.41) is 11.1. The Bertz CT molecular complexity index is 763. The summed E-state index contributed by atoms with van der Waals surface area (Å²) in [5.41, 5.74) is -1.39. The van der Waals surface area contributed by atoms with Gasteiger partial charge < -0.3 is 4.74 Å². The second-order valence-electron chi connectivity index (χ2n) is 5.74. The van der Waals surface area contributed by atoms with Crippen molar-refractivity contribution in [3.63, 3.8) is 0 Å². The molecule has 10 heteroatoms. The van der Waals surface area contributed by atoms with Crippen LogP contribution in [-0.4, -0.2) is 41.1 Å². The molecule has 23 heavy (non-hydrogen) atoms. The number of ether oxygens (including phenoxy) is 1. The molecular formula is C13H17NO7S2. The van der Waals surface area contributed by atoms with Crippen molar-refractivity contribution in [2.45, 2.75) is 36.2 Å². The Morgan fingerprint density at radius 1 is 1.35 bits per heavy atom. The summed E-state index contributed by atoms with van der Waals surface area (Å²) in [6.07, 6.45) is 0.906. The minimum absolute atomic E-state index is 0.228. The van der Waals surface area contributed by atoms with Crippen LogP contribution in [-0.2, 0) is 30.2 Å². The van der Waals surface area contributed by atoms with Gasteiger partial charge >= 0.3 is 5.97 Å². The molecule has 0 amide bonds. The van der Waals surface area contributed by atoms with Crippen molar-refractivity contribution in [3.05, 3.63) is 28.3 Å². The number of nitro groups is 1. The molecule has 0 spiro atoms. The number of benzene rings is 1. The van der Waals surface area contributed by atoms with E-state index in [1.807, 2.05) is 0 Å². The van der Waals surface area contributed by atoms with Crippen molar-refractivity contribution in [2.24, 2.45) is 0 Å². The van der Waals surface area contributed by atoms with Gasteiger partial charge in [0.05, 0.1) is 20.6 Å². The monoisotopic (exact) mass is 363 g/mol. The van der Waals surface area contributed by atoms with Gasteiger partial charge in [0.1, 0.15) is 16.2 Å². The largest absolute Gasteiger partial charge is 0.459 e. The van der Waals surface area contributed by atoms with Crippen LogP contribution in [0.1, 0.15) is 20.8 Å². The molecule has 1 aromatic carbocycles. The van der Waals surface area contributed by atoms with Gasteiger partial charge in [0, 0.05) is 12.3 Å². The fourth-order valence-corrected chi connectivity index (χ4v) is 3.27. The minimum Gasteiger partial charge on any atom is -0.459 e. The van der Waals surface area contributed by atoms with Crippen LogP contribution in [0.2, 0.25) is 0 Å². The number of carbonyl (C=O) groups excluding carboxylic acids is 1. The predicted octanol–water partition coefficient (Wildman–Crippen LogP) is 1.45. The fourth-order valence-electron chi connectivity index (χ4n) is 1.62. The Morgan fingerprint density at radius 3 is 2.35 bits per heavy atom. The molecule has 0 N–H and O–H groups in total. The third kappa shape index (κ3) is 5.71. The Kier molecular flexibility index (Phi) is 5.65. The number of sulfone groups is 1. The van der Waals surface area contributed by atoms with Gasteiger partial charge in [0.25, 0.3) is 5.69 Å². The van der Waals surface area contributed by atoms with E-state index in [0.29, 0.717) is 0 Å². The minimum atomic E-state index is -3.64. The highest BCUT2D eigenvalue weighted by molar-refractivity contribution is 7.90. The molecule has 0 fully saturated rings. The van der Waals surface area contributed by atoms with Gasteiger partial charge in [0.2, 0.25) is 0 Å². The fraction of sp³-hybridized carbons (Fsp3) is 0.462. The highest BCUT2D eigenvalue weighted by Gasteiger charge is 2.25. The van der Waals surface area contributed by atoms with E-state index in [9.17, 15) is 27.5 Å². The SMILES string of the molecule is CC(C)(C)OC(=O)C[S@](=O)c1ccc(S(C)(=O)=O)cc1[N+](=O)[O-]. The molecule has 128 valence electrons. The number of carbonyl (C=O) groups is 1. The zero-order valence-electron chi connectivity index (χ0n) is 13.1. The Morgan fingerprint density at radius 2 is 1.91 bits per heavy atom. The lowest BCUT2D eigenvalue weighted by atomic mass is 10.2. The van der Waals surface area contributed by atoms with Gasteiger partial charge in [-0.1, -0.05) is 0 Å². The van der Waals surface area contributed by atoms with Crippen molar-refractivity contribution in [3.8, 4) is 0 Å². The van der Waals surface area contributed by atoms with E-state index in [4.69, 9.17) is 4.74 Å². The molecule has 8 nitrogen and oxygen atoms in total. The zero-order chi connectivity index (χ0) is 18.0. The van der Waals surface area contributed by atoms with E-state index < -0.39 is 48.6 Å². The molecule has 1 aromatic rings. The lowest BCUT2D eigenvalue weighted by Crippen LogP contribution is -2.27. The van der Waals surface area contributed by atoms with Crippen LogP contribution < -0.4 is 0 Å². The molecule has 0 radical (unpaired) electrons. The second-order valence-corrected chi connectivity index (χ2v) is 9.17. The highest BCUT2D eigenvalue weighted by Crippen LogP contribution is 2.26. The maximum absolute atomic E-state index is 12.2. The number of nitrogens with zero attached hydrogens (tertiary/aromatic N) is 1. The molecule has 0 saturated heterocycles. The van der Waals surface area contributed by atoms with Crippen LogP contribution in [0, 0.1) is 10.1 Å². The van der Waals surface area contributed by atoms with Crippen molar-refractivity contribution in [1.29, 1.82) is 0 Å². The average Bonchev–Trinajstić information content (AvgIpc) is 2.34. The van der Waals surface area contributed by atoms with Gasteiger partial charge in [-0.05, 0) is 32.9 Å². The van der Waals surface area contributed by atoms with Gasteiger partial charge in [-0.25, -0.2) is 8.42 Å². The molecule has 0 bridgehead atoms. The van der Waals surface area contributed by atoms with Crippen molar-refractivity contribution < 1.29 is 27.1 Å². The summed E-state index contributed by atoms with van der Waals surface area (Å²) >= 11 is 0. The number of rotatable bonds is 5. The van der Waals surface area contributed by atoms with Crippen molar-refractivity contribution in [2.75, 3.05) is 12.0 Å². The van der Waals surface area contributed by atoms with Crippen LogP contribution >= 0.6 is 0 Å². The molecule has 0 aromatic heterocycles. The number of nitro benzene ring substituents is 1. The summed E-state index contributed by atoms with van der Waals surface area (Å²) in [5.74, 6) is -1.33. The van der Waals surface area contributed by atoms with Gasteiger partial charge in [-0.3, -0.25) is 19.1 Å². The first-order valence-electron chi connectivity index (χ1n) is 6.40. The van der Waals surface area contributed by atoms with Crippen LogP contribution in [0.4, 0.5) is 5.69 Å². The van der Waals surface area contributed by atoms with Gasteiger partial charge in [-0.15, -0.1) is 0 Å². The van der Waals surface area contributed by atoms with Crippen LogP contribution in [0.5, 0.6) is 0 Å². The normalized spacial score (nSPS) is 13.4. The summed E-state index contributed by atoms with van der Waals surface area (Å²) in [6, 6.07) is 3.03. The topological polar surface area (TPSA) is 121 Å². The third-order valence-electron chi connectivity index (χ3n) is 2.47. The lowest BCUT2D eigenvalue weighted by molar-refractivity contribution is -0.388. The molecular weight excluding hydrogens is 346 g/mol. The van der Waals surface area contributed by atoms with E-state index in [1.165, 1.54) is 0 Å². The van der Waals surface area contributed by atoms with Crippen molar-refractivity contribution in [1.82, 2.24) is 0 Å². The molecule has 0 aliphatic heterocycles. The maximum atomic E-state index is 12.2. The second kappa shape index (κ2) is 6.75. The molecule has 0 saturated carbocycles. The van der Waals surface area contributed by atoms with E-state index in [-0.39, 0.29) is 9.79 Å². The van der Waals surface area contributed by atoms with E-state index in [1.54, 1.807) is 20.8 Å². The summed E-state index contributed by atoms with van der Waals surface area (Å²) in [7, 11) is -5.67. The summed E-state index contributed by atoms with van der Waals surface area (Å²) in [6.45, 7) is 4.91. The van der Waals surface area contributed by atoms with E-state index in [0.717, 1.165) is 24.5 Å². The Balaban J connectivity index is 3.15. The molecule has 0 aliphatic rings. The first-order valence-corrected chi connectivity index (χ1v) is 9.61. The molecule has 0 unspecified atom stereocenters. The van der Waals surface area contributed by atoms with Gasteiger partial charge in [0.15, 0.2) is 9.84 Å². The number of hydrogen-bond donors (Lipinski definition) is 0. The first-order chi connectivity index (χ1) is 10.3. The molecule has 0 heterocycles. The molecule has 0 aliphatic carbocycles. The maximum Gasteiger partial charge on any atom is 0.319 e. The molecule has 1 atom stereocenters. The number of hydrogen-bond acceptors (Lipinski definition) is 7. The lowest BCUT2D eigenvalue weighted by Gasteiger charge is -2.19. The summed E-state index contributed by atoms with van der Waals surface area (Å²) in [4.78, 5) is 21.4. The Labute approximate surface area is 136 Å². The van der Waals surface area contributed by atoms with Crippen LogP contribution in [0.25, 0.3) is 0 Å². The first kappa shape index (κ1) is 19.2. The standard InChI is InChI=1S/C13H17NO7S2/c1-13(2,3)21-12(15)8-22(18)11-6-5-9(23(4,19)20)7-10(11)14(16)17/h5-7H,8H2,1-4H3/t22-/m0/s1. The number of esters is 1. The quantitative estimate of drug-likeness (QED) is 0.441. The van der Waals surface area contributed by atoms with Crippen LogP contribution in [0.15, 0.2) is 28.0 Å². The predicted molar refractivity (Wildman–Crippen MR) is 83.3 cm³/mol. The average molecular weight is 363 g/mol. The highest BCUT2D eigenvalue weighted by atomic mass is 32.2. The summed E-state index contributed by atoms with van der Waals surface area (Å²) < 4.78 is 40.1. The zero-order valence-corrected chi connectivity index (χ0v) is 14.7. The van der Waals surface area contributed by atoms with Crippen LogP contribution in [0.3, 0.4) is 0 Å². The molecule has 1 rings (SSSR count). The van der Waals surface area contributed by atoms with Crippen molar-refractivity contribution >= 4 is 32.3 Å². The smallest absolute Gasteiger partial charge is 0.319 e. The Hall–Kier alpha value is -1.81. The van der Waals surface area contributed by atoms with Gasteiger partial charge in [-0.2, -0.15) is 0 Å². The van der Waals surface area contributed by atoms with E-state index >= 15 is 0 Å².